The van der Waals surface area contributed by atoms with Crippen molar-refractivity contribution in [3.63, 3.8) is 0 Å². The smallest absolute Gasteiger partial charge is 0.343 e. The van der Waals surface area contributed by atoms with Crippen molar-refractivity contribution in [2.45, 2.75) is 39.3 Å². The number of aromatic nitrogens is 2. The Morgan fingerprint density at radius 3 is 2.23 bits per heavy atom. The molecule has 6 rings (SSSR count). The van der Waals surface area contributed by atoms with E-state index < -0.39 is 23.3 Å². The van der Waals surface area contributed by atoms with Gasteiger partial charge in [0.25, 0.3) is 5.91 Å². The molecule has 2 unspecified atom stereocenters. The Kier molecular flexibility index (Phi) is 9.85. The molecule has 0 aliphatic carbocycles. The standard InChI is InChI=1S/C35H40ClF3N6O3/c1-23-9-10-29(17-31(23)36)44(33(47)25-11-15-42(16-12-25)24(2)46)14-6-13-41-19-26-21-43(22-27(26)20-41)34(48)30-18-40-45(32(30)35(37,38)39)28-7-4-3-5-8-28/h3-5,7-10,17-18,25-27H,6,11-16,19-22H2,1-2H3. The van der Waals surface area contributed by atoms with Gasteiger partial charge in [-0.05, 0) is 74.4 Å². The summed E-state index contributed by atoms with van der Waals surface area (Å²) in [6, 6.07) is 13.7. The van der Waals surface area contributed by atoms with Crippen molar-refractivity contribution in [1.29, 1.82) is 0 Å². The van der Waals surface area contributed by atoms with E-state index in [9.17, 15) is 27.6 Å². The molecular weight excluding hydrogens is 645 g/mol. The van der Waals surface area contributed by atoms with Gasteiger partial charge < -0.3 is 19.6 Å². The quantitative estimate of drug-likeness (QED) is 0.312. The van der Waals surface area contributed by atoms with Gasteiger partial charge in [0.05, 0.1) is 17.4 Å². The zero-order valence-electron chi connectivity index (χ0n) is 27.1. The van der Waals surface area contributed by atoms with E-state index >= 15 is 0 Å². The van der Waals surface area contributed by atoms with E-state index in [0.29, 0.717) is 50.6 Å². The van der Waals surface area contributed by atoms with Crippen LogP contribution in [0.1, 0.15) is 47.8 Å². The third kappa shape index (κ3) is 7.10. The number of fused-ring (bicyclic) bond motifs is 1. The first kappa shape index (κ1) is 34.0. The number of piperidine rings is 1. The molecule has 3 amide bonds. The number of alkyl halides is 3. The van der Waals surface area contributed by atoms with Gasteiger partial charge in [0.2, 0.25) is 11.8 Å². The second kappa shape index (κ2) is 13.9. The molecular formula is C35H40ClF3N6O3. The second-order valence-electron chi connectivity index (χ2n) is 13.2. The zero-order chi connectivity index (χ0) is 34.2. The minimum absolute atomic E-state index is 0.0242. The van der Waals surface area contributed by atoms with Crippen LogP contribution in [0.4, 0.5) is 18.9 Å². The summed E-state index contributed by atoms with van der Waals surface area (Å²) in [4.78, 5) is 46.5. The van der Waals surface area contributed by atoms with E-state index in [1.807, 2.05) is 30.0 Å². The van der Waals surface area contributed by atoms with E-state index in [2.05, 4.69) is 10.00 Å². The molecule has 4 heterocycles. The van der Waals surface area contributed by atoms with Crippen LogP contribution in [0, 0.1) is 24.7 Å². The number of hydrogen-bond acceptors (Lipinski definition) is 5. The largest absolute Gasteiger partial charge is 0.434 e. The highest BCUT2D eigenvalue weighted by molar-refractivity contribution is 6.31. The van der Waals surface area contributed by atoms with Gasteiger partial charge in [0.1, 0.15) is 0 Å². The fraction of sp³-hybridized carbons (Fsp3) is 0.486. The van der Waals surface area contributed by atoms with Crippen LogP contribution in [0.3, 0.4) is 0 Å². The minimum Gasteiger partial charge on any atom is -0.343 e. The van der Waals surface area contributed by atoms with Gasteiger partial charge in [-0.15, -0.1) is 0 Å². The zero-order valence-corrected chi connectivity index (χ0v) is 27.9. The van der Waals surface area contributed by atoms with Crippen molar-refractivity contribution in [2.24, 2.45) is 17.8 Å². The summed E-state index contributed by atoms with van der Waals surface area (Å²) in [5.74, 6) is -0.436. The third-order valence-corrected chi connectivity index (χ3v) is 10.4. The molecule has 0 N–H and O–H groups in total. The Labute approximate surface area is 283 Å². The number of likely N-dealkylation sites (tertiary alicyclic amines) is 3. The maximum absolute atomic E-state index is 14.2. The Morgan fingerprint density at radius 1 is 0.958 bits per heavy atom. The van der Waals surface area contributed by atoms with Crippen LogP contribution >= 0.6 is 11.6 Å². The topological polar surface area (TPSA) is 82.0 Å². The molecule has 1 aromatic heterocycles. The van der Waals surface area contributed by atoms with Crippen LogP contribution in [0.2, 0.25) is 5.02 Å². The van der Waals surface area contributed by atoms with Gasteiger partial charge in [-0.2, -0.15) is 18.3 Å². The number of carbonyl (C=O) groups is 3. The van der Waals surface area contributed by atoms with Crippen LogP contribution in [0.15, 0.2) is 54.7 Å². The fourth-order valence-corrected chi connectivity index (χ4v) is 7.56. The number of rotatable bonds is 8. The molecule has 256 valence electrons. The number of aryl methyl sites for hydroxylation is 1. The summed E-state index contributed by atoms with van der Waals surface area (Å²) < 4.78 is 43.4. The Balaban J connectivity index is 1.06. The molecule has 2 aromatic carbocycles. The van der Waals surface area contributed by atoms with Crippen molar-refractivity contribution < 1.29 is 27.6 Å². The average Bonchev–Trinajstić information content (AvgIpc) is 3.78. The van der Waals surface area contributed by atoms with Crippen molar-refractivity contribution in [1.82, 2.24) is 24.5 Å². The molecule has 0 spiro atoms. The molecule has 48 heavy (non-hydrogen) atoms. The first-order chi connectivity index (χ1) is 22.9. The van der Waals surface area contributed by atoms with E-state index in [1.165, 1.54) is 17.0 Å². The van der Waals surface area contributed by atoms with E-state index in [4.69, 9.17) is 11.6 Å². The van der Waals surface area contributed by atoms with Gasteiger partial charge in [-0.3, -0.25) is 14.4 Å². The summed E-state index contributed by atoms with van der Waals surface area (Å²) in [5.41, 5.74) is 0.429. The number of carbonyl (C=O) groups excluding carboxylic acids is 3. The molecule has 3 aliphatic rings. The van der Waals surface area contributed by atoms with Crippen LogP contribution in [0.25, 0.3) is 5.69 Å². The van der Waals surface area contributed by atoms with Crippen LogP contribution in [0.5, 0.6) is 0 Å². The van der Waals surface area contributed by atoms with Gasteiger partial charge in [-0.1, -0.05) is 35.9 Å². The lowest BCUT2D eigenvalue weighted by Gasteiger charge is -2.34. The predicted octanol–water partition coefficient (Wildman–Crippen LogP) is 5.54. The second-order valence-corrected chi connectivity index (χ2v) is 13.6. The van der Waals surface area contributed by atoms with E-state index in [0.717, 1.165) is 48.2 Å². The highest BCUT2D eigenvalue weighted by Gasteiger charge is 2.45. The number of para-hydroxylation sites is 1. The lowest BCUT2D eigenvalue weighted by Crippen LogP contribution is -2.44. The van der Waals surface area contributed by atoms with E-state index in [1.54, 1.807) is 30.0 Å². The van der Waals surface area contributed by atoms with Crippen molar-refractivity contribution in [3.05, 3.63) is 76.6 Å². The van der Waals surface area contributed by atoms with Gasteiger partial charge in [-0.25, -0.2) is 4.68 Å². The molecule has 3 aliphatic heterocycles. The summed E-state index contributed by atoms with van der Waals surface area (Å²) in [5, 5.41) is 4.55. The molecule has 9 nitrogen and oxygen atoms in total. The highest BCUT2D eigenvalue weighted by Crippen LogP contribution is 2.37. The van der Waals surface area contributed by atoms with Gasteiger partial charge in [0, 0.05) is 69.4 Å². The lowest BCUT2D eigenvalue weighted by atomic mass is 9.94. The number of anilines is 1. The predicted molar refractivity (Wildman–Crippen MR) is 176 cm³/mol. The molecule has 0 bridgehead atoms. The SMILES string of the molecule is CC(=O)N1CCC(C(=O)N(CCCN2CC3CN(C(=O)c4cnn(-c5ccccc5)c4C(F)(F)F)CC3C2)c2ccc(C)c(Cl)c2)CC1. The lowest BCUT2D eigenvalue weighted by molar-refractivity contribution is -0.143. The van der Waals surface area contributed by atoms with E-state index in [-0.39, 0.29) is 35.3 Å². The monoisotopic (exact) mass is 684 g/mol. The number of nitrogens with zero attached hydrogens (tertiary/aromatic N) is 6. The van der Waals surface area contributed by atoms with Gasteiger partial charge >= 0.3 is 6.18 Å². The summed E-state index contributed by atoms with van der Waals surface area (Å²) >= 11 is 6.45. The fourth-order valence-electron chi connectivity index (χ4n) is 7.38. The van der Waals surface area contributed by atoms with Crippen LogP contribution in [-0.2, 0) is 15.8 Å². The minimum atomic E-state index is -4.76. The highest BCUT2D eigenvalue weighted by atomic mass is 35.5. The molecule has 3 aromatic rings. The molecule has 2 atom stereocenters. The average molecular weight is 685 g/mol. The van der Waals surface area contributed by atoms with Crippen LogP contribution in [-0.4, -0.2) is 94.6 Å². The molecule has 3 saturated heterocycles. The van der Waals surface area contributed by atoms with Crippen molar-refractivity contribution >= 4 is 35.0 Å². The number of halogens is 4. The number of benzene rings is 2. The molecule has 0 saturated carbocycles. The summed E-state index contributed by atoms with van der Waals surface area (Å²) in [6.45, 7) is 8.10. The number of amides is 3. The Bertz CT molecular complexity index is 1640. The Morgan fingerprint density at radius 2 is 1.62 bits per heavy atom. The maximum atomic E-state index is 14.2. The van der Waals surface area contributed by atoms with Crippen LogP contribution < -0.4 is 4.90 Å². The third-order valence-electron chi connectivity index (χ3n) is 10.00. The molecule has 13 heteroatoms. The first-order valence-corrected chi connectivity index (χ1v) is 16.8. The molecule has 3 fully saturated rings. The normalized spacial score (nSPS) is 20.3. The number of hydrogen-bond donors (Lipinski definition) is 0. The van der Waals surface area contributed by atoms with Gasteiger partial charge in [0.15, 0.2) is 5.69 Å². The Hall–Kier alpha value is -3.90. The first-order valence-electron chi connectivity index (χ1n) is 16.5. The van der Waals surface area contributed by atoms with Crippen molar-refractivity contribution in [2.75, 3.05) is 57.3 Å². The summed E-state index contributed by atoms with van der Waals surface area (Å²) in [6.07, 6.45) is -1.76. The summed E-state index contributed by atoms with van der Waals surface area (Å²) in [7, 11) is 0. The molecule has 0 radical (unpaired) electrons. The van der Waals surface area contributed by atoms with Crippen molar-refractivity contribution in [3.8, 4) is 5.69 Å². The maximum Gasteiger partial charge on any atom is 0.434 e.